The minimum Gasteiger partial charge on any atom is -0.465 e. The molecule has 1 aromatic rings. The van der Waals surface area contributed by atoms with Gasteiger partial charge in [0.1, 0.15) is 0 Å². The standard InChI is InChI=1S/C15H22N4O4/c1-3-5-17-6-4-7-18(9-8-17)14-13(19(21)22)10-12(11-16-14)15(20)23-2/h10-11H,3-9H2,1-2H3. The Morgan fingerprint density at radius 3 is 2.83 bits per heavy atom. The summed E-state index contributed by atoms with van der Waals surface area (Å²) in [6.45, 7) is 6.41. The van der Waals surface area contributed by atoms with Crippen molar-refractivity contribution in [2.45, 2.75) is 19.8 Å². The van der Waals surface area contributed by atoms with E-state index in [4.69, 9.17) is 0 Å². The van der Waals surface area contributed by atoms with Crippen LogP contribution in [0.4, 0.5) is 11.5 Å². The molecule has 2 heterocycles. The van der Waals surface area contributed by atoms with E-state index in [2.05, 4.69) is 21.5 Å². The molecule has 0 amide bonds. The van der Waals surface area contributed by atoms with Crippen molar-refractivity contribution in [2.24, 2.45) is 0 Å². The quantitative estimate of drug-likeness (QED) is 0.463. The molecule has 8 heteroatoms. The number of esters is 1. The van der Waals surface area contributed by atoms with Gasteiger partial charge in [0.15, 0.2) is 0 Å². The summed E-state index contributed by atoms with van der Waals surface area (Å²) in [5.74, 6) is -0.307. The number of pyridine rings is 1. The van der Waals surface area contributed by atoms with Gasteiger partial charge in [0.25, 0.3) is 0 Å². The maximum absolute atomic E-state index is 11.5. The molecule has 0 radical (unpaired) electrons. The van der Waals surface area contributed by atoms with Crippen LogP contribution in [0.3, 0.4) is 0 Å². The summed E-state index contributed by atoms with van der Waals surface area (Å²) in [4.78, 5) is 30.9. The van der Waals surface area contributed by atoms with Gasteiger partial charge in [-0.05, 0) is 25.9 Å². The van der Waals surface area contributed by atoms with Gasteiger partial charge in [-0.15, -0.1) is 0 Å². The maximum atomic E-state index is 11.5. The highest BCUT2D eigenvalue weighted by molar-refractivity contribution is 5.90. The Morgan fingerprint density at radius 1 is 1.39 bits per heavy atom. The summed E-state index contributed by atoms with van der Waals surface area (Å²) in [5.41, 5.74) is -0.0674. The van der Waals surface area contributed by atoms with Crippen molar-refractivity contribution in [1.82, 2.24) is 9.88 Å². The number of carbonyl (C=O) groups excluding carboxylic acids is 1. The summed E-state index contributed by atoms with van der Waals surface area (Å²) < 4.78 is 4.60. The van der Waals surface area contributed by atoms with Crippen LogP contribution in [0.2, 0.25) is 0 Å². The molecule has 0 N–H and O–H groups in total. The van der Waals surface area contributed by atoms with E-state index in [0.717, 1.165) is 32.5 Å². The number of nitrogens with zero attached hydrogens (tertiary/aromatic N) is 4. The van der Waals surface area contributed by atoms with E-state index >= 15 is 0 Å². The zero-order valence-corrected chi connectivity index (χ0v) is 13.5. The first kappa shape index (κ1) is 17.1. The Labute approximate surface area is 135 Å². The number of anilines is 1. The second kappa shape index (κ2) is 7.87. The largest absolute Gasteiger partial charge is 0.465 e. The fourth-order valence-electron chi connectivity index (χ4n) is 2.78. The highest BCUT2D eigenvalue weighted by Gasteiger charge is 2.25. The molecule has 0 unspecified atom stereocenters. The van der Waals surface area contributed by atoms with Gasteiger partial charge in [-0.2, -0.15) is 0 Å². The molecular formula is C15H22N4O4. The zero-order chi connectivity index (χ0) is 16.8. The maximum Gasteiger partial charge on any atom is 0.339 e. The number of hydrogen-bond donors (Lipinski definition) is 0. The lowest BCUT2D eigenvalue weighted by Gasteiger charge is -2.22. The number of hydrogen-bond acceptors (Lipinski definition) is 7. The number of rotatable bonds is 5. The predicted octanol–water partition coefficient (Wildman–Crippen LogP) is 1.70. The molecule has 0 spiro atoms. The van der Waals surface area contributed by atoms with E-state index in [1.54, 1.807) is 0 Å². The molecule has 8 nitrogen and oxygen atoms in total. The van der Waals surface area contributed by atoms with Crippen LogP contribution in [0, 0.1) is 10.1 Å². The lowest BCUT2D eigenvalue weighted by molar-refractivity contribution is -0.384. The number of carbonyl (C=O) groups is 1. The van der Waals surface area contributed by atoms with Crippen LogP contribution in [-0.4, -0.2) is 60.6 Å². The van der Waals surface area contributed by atoms with Crippen molar-refractivity contribution in [3.63, 3.8) is 0 Å². The molecule has 2 rings (SSSR count). The van der Waals surface area contributed by atoms with Crippen LogP contribution in [0.5, 0.6) is 0 Å². The molecular weight excluding hydrogens is 300 g/mol. The molecule has 0 aromatic carbocycles. The Balaban J connectivity index is 2.24. The van der Waals surface area contributed by atoms with E-state index in [0.29, 0.717) is 18.9 Å². The topological polar surface area (TPSA) is 88.8 Å². The smallest absolute Gasteiger partial charge is 0.339 e. The number of nitro groups is 1. The second-order valence-corrected chi connectivity index (χ2v) is 5.50. The summed E-state index contributed by atoms with van der Waals surface area (Å²) in [6.07, 6.45) is 3.35. The minimum atomic E-state index is -0.628. The van der Waals surface area contributed by atoms with E-state index in [1.807, 2.05) is 4.90 Å². The van der Waals surface area contributed by atoms with Crippen LogP contribution < -0.4 is 4.90 Å². The average Bonchev–Trinajstić information content (AvgIpc) is 2.79. The number of aromatic nitrogens is 1. The number of methoxy groups -OCH3 is 1. The highest BCUT2D eigenvalue weighted by Crippen LogP contribution is 2.27. The molecule has 0 bridgehead atoms. The molecule has 0 atom stereocenters. The first-order valence-corrected chi connectivity index (χ1v) is 7.76. The van der Waals surface area contributed by atoms with Crippen molar-refractivity contribution in [1.29, 1.82) is 0 Å². The van der Waals surface area contributed by atoms with Crippen molar-refractivity contribution in [3.8, 4) is 0 Å². The van der Waals surface area contributed by atoms with Crippen LogP contribution in [0.25, 0.3) is 0 Å². The minimum absolute atomic E-state index is 0.0883. The Bertz CT molecular complexity index is 579. The van der Waals surface area contributed by atoms with Crippen LogP contribution >= 0.6 is 0 Å². The fourth-order valence-corrected chi connectivity index (χ4v) is 2.78. The first-order valence-electron chi connectivity index (χ1n) is 7.76. The van der Waals surface area contributed by atoms with Gasteiger partial charge in [-0.1, -0.05) is 6.92 Å². The average molecular weight is 322 g/mol. The third-order valence-electron chi connectivity index (χ3n) is 3.89. The summed E-state index contributed by atoms with van der Waals surface area (Å²) in [6, 6.07) is 1.24. The van der Waals surface area contributed by atoms with Crippen LogP contribution in [0.15, 0.2) is 12.3 Å². The molecule has 23 heavy (non-hydrogen) atoms. The Hall–Kier alpha value is -2.22. The van der Waals surface area contributed by atoms with Crippen molar-refractivity contribution in [2.75, 3.05) is 44.7 Å². The van der Waals surface area contributed by atoms with Gasteiger partial charge in [-0.25, -0.2) is 9.78 Å². The van der Waals surface area contributed by atoms with Crippen molar-refractivity contribution < 1.29 is 14.5 Å². The Kier molecular flexibility index (Phi) is 5.86. The highest BCUT2D eigenvalue weighted by atomic mass is 16.6. The molecule has 0 saturated carbocycles. The van der Waals surface area contributed by atoms with E-state index in [1.165, 1.54) is 19.4 Å². The van der Waals surface area contributed by atoms with Crippen molar-refractivity contribution in [3.05, 3.63) is 27.9 Å². The molecule has 1 aliphatic rings. The molecule has 126 valence electrons. The SMILES string of the molecule is CCCN1CCCN(c2ncc(C(=O)OC)cc2[N+](=O)[O-])CC1. The van der Waals surface area contributed by atoms with Crippen LogP contribution in [-0.2, 0) is 4.74 Å². The number of ether oxygens (including phenoxy) is 1. The normalized spacial score (nSPS) is 16.0. The van der Waals surface area contributed by atoms with Crippen molar-refractivity contribution >= 4 is 17.5 Å². The van der Waals surface area contributed by atoms with Crippen LogP contribution in [0.1, 0.15) is 30.1 Å². The third kappa shape index (κ3) is 4.16. The molecule has 1 aromatic heterocycles. The molecule has 1 aliphatic heterocycles. The summed E-state index contributed by atoms with van der Waals surface area (Å²) in [5, 5.41) is 11.4. The second-order valence-electron chi connectivity index (χ2n) is 5.50. The predicted molar refractivity (Wildman–Crippen MR) is 85.8 cm³/mol. The van der Waals surface area contributed by atoms with E-state index < -0.39 is 10.9 Å². The van der Waals surface area contributed by atoms with Gasteiger partial charge in [0, 0.05) is 31.9 Å². The van der Waals surface area contributed by atoms with Gasteiger partial charge in [0.05, 0.1) is 17.6 Å². The van der Waals surface area contributed by atoms with E-state index in [9.17, 15) is 14.9 Å². The monoisotopic (exact) mass is 322 g/mol. The zero-order valence-electron chi connectivity index (χ0n) is 13.5. The third-order valence-corrected chi connectivity index (χ3v) is 3.89. The van der Waals surface area contributed by atoms with Gasteiger partial charge < -0.3 is 14.5 Å². The summed E-state index contributed by atoms with van der Waals surface area (Å²) >= 11 is 0. The molecule has 1 saturated heterocycles. The first-order chi connectivity index (χ1) is 11.1. The Morgan fingerprint density at radius 2 is 2.17 bits per heavy atom. The molecule has 1 fully saturated rings. The van der Waals surface area contributed by atoms with Gasteiger partial charge in [0.2, 0.25) is 5.82 Å². The lowest BCUT2D eigenvalue weighted by Crippen LogP contribution is -2.32. The summed E-state index contributed by atoms with van der Waals surface area (Å²) in [7, 11) is 1.24. The fraction of sp³-hybridized carbons (Fsp3) is 0.600. The molecule has 0 aliphatic carbocycles. The van der Waals surface area contributed by atoms with Gasteiger partial charge in [-0.3, -0.25) is 10.1 Å². The lowest BCUT2D eigenvalue weighted by atomic mass is 10.2. The van der Waals surface area contributed by atoms with E-state index in [-0.39, 0.29) is 11.3 Å². The van der Waals surface area contributed by atoms with Gasteiger partial charge >= 0.3 is 11.7 Å².